The third-order valence-corrected chi connectivity index (χ3v) is 3.61. The Hall–Kier alpha value is -1.75. The number of benzene rings is 1. The van der Waals surface area contributed by atoms with Gasteiger partial charge in [0.1, 0.15) is 5.75 Å². The summed E-state index contributed by atoms with van der Waals surface area (Å²) >= 11 is 5.94. The van der Waals surface area contributed by atoms with Crippen LogP contribution in [0.4, 0.5) is 0 Å². The molecule has 5 nitrogen and oxygen atoms in total. The fourth-order valence-electron chi connectivity index (χ4n) is 2.36. The van der Waals surface area contributed by atoms with Crippen LogP contribution in [0, 0.1) is 0 Å². The molecule has 0 aliphatic carbocycles. The molecule has 1 aromatic rings. The van der Waals surface area contributed by atoms with E-state index in [-0.39, 0.29) is 25.0 Å². The second-order valence-corrected chi connectivity index (χ2v) is 5.11. The van der Waals surface area contributed by atoms with Crippen LogP contribution in [-0.2, 0) is 9.59 Å². The topological polar surface area (TPSA) is 66.8 Å². The maximum atomic E-state index is 12.1. The van der Waals surface area contributed by atoms with Gasteiger partial charge in [0, 0.05) is 12.6 Å². The molecule has 1 N–H and O–H groups in total. The van der Waals surface area contributed by atoms with E-state index in [1.807, 2.05) is 0 Å². The highest BCUT2D eigenvalue weighted by Crippen LogP contribution is 2.24. The van der Waals surface area contributed by atoms with Crippen LogP contribution in [-0.4, -0.2) is 41.1 Å². The lowest BCUT2D eigenvalue weighted by Gasteiger charge is -2.23. The maximum absolute atomic E-state index is 12.1. The maximum Gasteiger partial charge on any atom is 0.305 e. The van der Waals surface area contributed by atoms with Gasteiger partial charge in [-0.15, -0.1) is 0 Å². The zero-order valence-electron chi connectivity index (χ0n) is 10.9. The minimum Gasteiger partial charge on any atom is -0.482 e. The van der Waals surface area contributed by atoms with Gasteiger partial charge in [0.25, 0.3) is 5.91 Å². The second kappa shape index (κ2) is 6.61. The Morgan fingerprint density at radius 3 is 2.85 bits per heavy atom. The van der Waals surface area contributed by atoms with Crippen molar-refractivity contribution in [2.45, 2.75) is 25.3 Å². The van der Waals surface area contributed by atoms with Crippen molar-refractivity contribution in [2.75, 3.05) is 13.2 Å². The highest BCUT2D eigenvalue weighted by molar-refractivity contribution is 6.32. The zero-order chi connectivity index (χ0) is 14.5. The molecule has 1 saturated heterocycles. The first-order chi connectivity index (χ1) is 9.58. The highest BCUT2D eigenvalue weighted by atomic mass is 35.5. The van der Waals surface area contributed by atoms with E-state index < -0.39 is 5.97 Å². The van der Waals surface area contributed by atoms with Crippen molar-refractivity contribution in [1.29, 1.82) is 0 Å². The van der Waals surface area contributed by atoms with Crippen LogP contribution < -0.4 is 4.74 Å². The lowest BCUT2D eigenvalue weighted by Crippen LogP contribution is -2.39. The lowest BCUT2D eigenvalue weighted by molar-refractivity contribution is -0.140. The normalized spacial score (nSPS) is 18.1. The summed E-state index contributed by atoms with van der Waals surface area (Å²) in [6, 6.07) is 6.70. The lowest BCUT2D eigenvalue weighted by atomic mass is 10.1. The second-order valence-electron chi connectivity index (χ2n) is 4.70. The van der Waals surface area contributed by atoms with Crippen molar-refractivity contribution in [3.05, 3.63) is 29.3 Å². The number of para-hydroxylation sites is 1. The quantitative estimate of drug-likeness (QED) is 0.904. The van der Waals surface area contributed by atoms with Gasteiger partial charge in [-0.2, -0.15) is 0 Å². The molecule has 0 saturated carbocycles. The number of carbonyl (C=O) groups excluding carboxylic acids is 1. The highest BCUT2D eigenvalue weighted by Gasteiger charge is 2.30. The van der Waals surface area contributed by atoms with Gasteiger partial charge in [0.05, 0.1) is 11.4 Å². The van der Waals surface area contributed by atoms with Crippen molar-refractivity contribution >= 4 is 23.5 Å². The molecule has 0 radical (unpaired) electrons. The number of nitrogens with zero attached hydrogens (tertiary/aromatic N) is 1. The van der Waals surface area contributed by atoms with Gasteiger partial charge >= 0.3 is 5.97 Å². The van der Waals surface area contributed by atoms with Gasteiger partial charge in [0.15, 0.2) is 6.61 Å². The molecule has 1 aliphatic rings. The molecular weight excluding hydrogens is 282 g/mol. The first-order valence-corrected chi connectivity index (χ1v) is 6.84. The Morgan fingerprint density at radius 2 is 2.15 bits per heavy atom. The summed E-state index contributed by atoms with van der Waals surface area (Å²) in [6.45, 7) is 0.461. The molecule has 1 unspecified atom stereocenters. The molecule has 108 valence electrons. The van der Waals surface area contributed by atoms with E-state index in [1.165, 1.54) is 0 Å². The summed E-state index contributed by atoms with van der Waals surface area (Å²) in [5.74, 6) is -0.633. The van der Waals surface area contributed by atoms with Gasteiger partial charge in [-0.05, 0) is 25.0 Å². The zero-order valence-corrected chi connectivity index (χ0v) is 11.7. The van der Waals surface area contributed by atoms with E-state index in [2.05, 4.69) is 0 Å². The van der Waals surface area contributed by atoms with Crippen LogP contribution in [0.5, 0.6) is 5.75 Å². The van der Waals surface area contributed by atoms with E-state index in [9.17, 15) is 9.59 Å². The number of aliphatic carboxylic acids is 1. The van der Waals surface area contributed by atoms with E-state index in [4.69, 9.17) is 21.4 Å². The number of hydrogen-bond donors (Lipinski definition) is 1. The minimum absolute atomic E-state index is 0.0160. The Kier molecular flexibility index (Phi) is 4.84. The summed E-state index contributed by atoms with van der Waals surface area (Å²) in [4.78, 5) is 24.4. The number of rotatable bonds is 5. The fraction of sp³-hybridized carbons (Fsp3) is 0.429. The number of ether oxygens (including phenoxy) is 1. The number of likely N-dealkylation sites (tertiary alicyclic amines) is 1. The summed E-state index contributed by atoms with van der Waals surface area (Å²) in [5, 5.41) is 9.28. The molecule has 1 atom stereocenters. The monoisotopic (exact) mass is 297 g/mol. The average Bonchev–Trinajstić information content (AvgIpc) is 2.85. The third kappa shape index (κ3) is 3.63. The van der Waals surface area contributed by atoms with E-state index in [0.29, 0.717) is 17.3 Å². The largest absolute Gasteiger partial charge is 0.482 e. The Balaban J connectivity index is 1.91. The molecular formula is C14H16ClNO4. The minimum atomic E-state index is -0.887. The van der Waals surface area contributed by atoms with E-state index in [0.717, 1.165) is 12.8 Å². The molecule has 2 rings (SSSR count). The van der Waals surface area contributed by atoms with Crippen molar-refractivity contribution in [1.82, 2.24) is 4.90 Å². The van der Waals surface area contributed by atoms with Crippen LogP contribution in [0.2, 0.25) is 5.02 Å². The van der Waals surface area contributed by atoms with Gasteiger partial charge in [-0.3, -0.25) is 9.59 Å². The first kappa shape index (κ1) is 14.7. The van der Waals surface area contributed by atoms with Gasteiger partial charge in [-0.25, -0.2) is 0 Å². The Labute approximate surface area is 122 Å². The van der Waals surface area contributed by atoms with Crippen molar-refractivity contribution in [3.8, 4) is 5.75 Å². The molecule has 1 aliphatic heterocycles. The predicted molar refractivity (Wildman–Crippen MR) is 73.9 cm³/mol. The molecule has 0 bridgehead atoms. The number of carbonyl (C=O) groups is 2. The SMILES string of the molecule is O=C(O)CC1CCCN1C(=O)COc1ccccc1Cl. The van der Waals surface area contributed by atoms with Gasteiger partial charge in [-0.1, -0.05) is 23.7 Å². The van der Waals surface area contributed by atoms with Crippen LogP contribution in [0.1, 0.15) is 19.3 Å². The number of amides is 1. The molecule has 1 amide bonds. The number of hydrogen-bond acceptors (Lipinski definition) is 3. The summed E-state index contributed by atoms with van der Waals surface area (Å²) in [5.41, 5.74) is 0. The smallest absolute Gasteiger partial charge is 0.305 e. The number of halogens is 1. The van der Waals surface area contributed by atoms with Crippen LogP contribution in [0.3, 0.4) is 0 Å². The van der Waals surface area contributed by atoms with Crippen molar-refractivity contribution in [3.63, 3.8) is 0 Å². The standard InChI is InChI=1S/C14H16ClNO4/c15-11-5-1-2-6-12(11)20-9-13(17)16-7-3-4-10(16)8-14(18)19/h1-2,5-6,10H,3-4,7-9H2,(H,18,19). The van der Waals surface area contributed by atoms with Gasteiger partial charge < -0.3 is 14.7 Å². The fourth-order valence-corrected chi connectivity index (χ4v) is 2.55. The van der Waals surface area contributed by atoms with E-state index in [1.54, 1.807) is 29.2 Å². The predicted octanol–water partition coefficient (Wildman–Crippen LogP) is 2.18. The first-order valence-electron chi connectivity index (χ1n) is 6.46. The average molecular weight is 298 g/mol. The molecule has 1 heterocycles. The Morgan fingerprint density at radius 1 is 1.40 bits per heavy atom. The molecule has 20 heavy (non-hydrogen) atoms. The summed E-state index contributed by atoms with van der Waals surface area (Å²) < 4.78 is 5.39. The van der Waals surface area contributed by atoms with Crippen molar-refractivity contribution in [2.24, 2.45) is 0 Å². The molecule has 1 fully saturated rings. The van der Waals surface area contributed by atoms with Crippen LogP contribution in [0.15, 0.2) is 24.3 Å². The van der Waals surface area contributed by atoms with Crippen LogP contribution >= 0.6 is 11.6 Å². The van der Waals surface area contributed by atoms with Gasteiger partial charge in [0.2, 0.25) is 0 Å². The van der Waals surface area contributed by atoms with Crippen LogP contribution in [0.25, 0.3) is 0 Å². The van der Waals surface area contributed by atoms with E-state index >= 15 is 0 Å². The molecule has 0 aromatic heterocycles. The molecule has 6 heteroatoms. The number of carboxylic acid groups (broad SMARTS) is 1. The summed E-state index contributed by atoms with van der Waals surface area (Å²) in [6.07, 6.45) is 1.54. The molecule has 0 spiro atoms. The summed E-state index contributed by atoms with van der Waals surface area (Å²) in [7, 11) is 0. The Bertz CT molecular complexity index is 506. The number of carboxylic acids is 1. The molecule has 1 aromatic carbocycles. The third-order valence-electron chi connectivity index (χ3n) is 3.30. The van der Waals surface area contributed by atoms with Crippen molar-refractivity contribution < 1.29 is 19.4 Å².